The van der Waals surface area contributed by atoms with E-state index in [1.807, 2.05) is 26.0 Å². The van der Waals surface area contributed by atoms with E-state index >= 15 is 0 Å². The molecule has 0 saturated carbocycles. The number of aryl methyl sites for hydroxylation is 1. The molecule has 0 radical (unpaired) electrons. The van der Waals surface area contributed by atoms with Crippen LogP contribution in [0.1, 0.15) is 19.4 Å². The van der Waals surface area contributed by atoms with Crippen LogP contribution in [0.3, 0.4) is 0 Å². The Balaban J connectivity index is 1.86. The number of nitrogens with zero attached hydrogens (tertiary/aromatic N) is 1. The number of ether oxygens (including phenoxy) is 1. The highest BCUT2D eigenvalue weighted by atomic mass is 35.5. The number of benzene rings is 1. The molecule has 7 heteroatoms. The van der Waals surface area contributed by atoms with Crippen molar-refractivity contribution in [1.82, 2.24) is 9.62 Å². The molecule has 2 atom stereocenters. The summed E-state index contributed by atoms with van der Waals surface area (Å²) in [6.45, 7) is 6.82. The summed E-state index contributed by atoms with van der Waals surface area (Å²) in [6.07, 6.45) is 1.11. The van der Waals surface area contributed by atoms with E-state index in [4.69, 9.17) is 16.3 Å². The Morgan fingerprint density at radius 1 is 1.22 bits per heavy atom. The molecule has 0 bridgehead atoms. The average Bonchev–Trinajstić information content (AvgIpc) is 2.47. The van der Waals surface area contributed by atoms with Crippen molar-refractivity contribution >= 4 is 21.6 Å². The Bertz CT molecular complexity index is 582. The highest BCUT2D eigenvalue weighted by molar-refractivity contribution is 7.89. The third kappa shape index (κ3) is 5.72. The molecule has 5 nitrogen and oxygen atoms in total. The van der Waals surface area contributed by atoms with Crippen LogP contribution in [0.25, 0.3) is 0 Å². The zero-order valence-electron chi connectivity index (χ0n) is 13.7. The van der Waals surface area contributed by atoms with Gasteiger partial charge in [-0.1, -0.05) is 12.1 Å². The molecule has 1 fully saturated rings. The standard InChI is InChI=1S/C16H25ClN2O3S/c1-13-11-19(12-14(2)22-13)10-9-18-23(20,21)16-5-3-15(4-6-16)7-8-17/h3-6,13-14,18H,7-12H2,1-2H3. The fraction of sp³-hybridized carbons (Fsp3) is 0.625. The van der Waals surface area contributed by atoms with Crippen LogP contribution in [0, 0.1) is 0 Å². The molecule has 1 aliphatic heterocycles. The molecule has 23 heavy (non-hydrogen) atoms. The van der Waals surface area contributed by atoms with Crippen LogP contribution in [0.5, 0.6) is 0 Å². The van der Waals surface area contributed by atoms with E-state index < -0.39 is 10.0 Å². The number of sulfonamides is 1. The predicted molar refractivity (Wildman–Crippen MR) is 92.5 cm³/mol. The van der Waals surface area contributed by atoms with Crippen molar-refractivity contribution < 1.29 is 13.2 Å². The number of nitrogens with one attached hydrogen (secondary N) is 1. The second kappa shape index (κ2) is 8.44. The Hall–Kier alpha value is -0.660. The van der Waals surface area contributed by atoms with E-state index in [1.165, 1.54) is 0 Å². The van der Waals surface area contributed by atoms with Crippen molar-refractivity contribution in [3.8, 4) is 0 Å². The van der Waals surface area contributed by atoms with Crippen LogP contribution < -0.4 is 4.72 Å². The summed E-state index contributed by atoms with van der Waals surface area (Å²) in [5.41, 5.74) is 1.04. The van der Waals surface area contributed by atoms with Crippen molar-refractivity contribution in [2.75, 3.05) is 32.1 Å². The molecule has 2 unspecified atom stereocenters. The third-order valence-corrected chi connectivity index (χ3v) is 5.50. The zero-order valence-corrected chi connectivity index (χ0v) is 15.2. The lowest BCUT2D eigenvalue weighted by Gasteiger charge is -2.35. The maximum Gasteiger partial charge on any atom is 0.240 e. The van der Waals surface area contributed by atoms with Gasteiger partial charge >= 0.3 is 0 Å². The molecule has 1 aliphatic rings. The molecular weight excluding hydrogens is 336 g/mol. The van der Waals surface area contributed by atoms with Crippen LogP contribution in [-0.2, 0) is 21.2 Å². The van der Waals surface area contributed by atoms with Gasteiger partial charge in [-0.15, -0.1) is 11.6 Å². The van der Waals surface area contributed by atoms with Crippen LogP contribution in [0.2, 0.25) is 0 Å². The van der Waals surface area contributed by atoms with Crippen molar-refractivity contribution in [2.45, 2.75) is 37.4 Å². The summed E-state index contributed by atoms with van der Waals surface area (Å²) < 4.78 is 32.9. The summed E-state index contributed by atoms with van der Waals surface area (Å²) in [4.78, 5) is 2.52. The van der Waals surface area contributed by atoms with E-state index in [1.54, 1.807) is 12.1 Å². The normalized spacial score (nSPS) is 23.1. The van der Waals surface area contributed by atoms with Gasteiger partial charge in [-0.25, -0.2) is 13.1 Å². The van der Waals surface area contributed by atoms with Gasteiger partial charge in [0.15, 0.2) is 0 Å². The minimum Gasteiger partial charge on any atom is -0.373 e. The number of halogens is 1. The number of morpholine rings is 1. The maximum atomic E-state index is 12.3. The summed E-state index contributed by atoms with van der Waals surface area (Å²) in [5.74, 6) is 0.529. The van der Waals surface area contributed by atoms with Crippen LogP contribution in [0.4, 0.5) is 0 Å². The van der Waals surface area contributed by atoms with Crippen molar-refractivity contribution in [1.29, 1.82) is 0 Å². The molecule has 1 aromatic rings. The maximum absolute atomic E-state index is 12.3. The van der Waals surface area contributed by atoms with Gasteiger partial charge in [-0.3, -0.25) is 4.90 Å². The highest BCUT2D eigenvalue weighted by Gasteiger charge is 2.22. The summed E-state index contributed by atoms with van der Waals surface area (Å²) >= 11 is 5.68. The lowest BCUT2D eigenvalue weighted by molar-refractivity contribution is -0.0671. The first-order valence-electron chi connectivity index (χ1n) is 7.93. The Morgan fingerprint density at radius 2 is 1.83 bits per heavy atom. The highest BCUT2D eigenvalue weighted by Crippen LogP contribution is 2.12. The third-order valence-electron chi connectivity index (χ3n) is 3.83. The molecule has 1 heterocycles. The van der Waals surface area contributed by atoms with Crippen LogP contribution in [-0.4, -0.2) is 57.6 Å². The molecule has 1 N–H and O–H groups in total. The van der Waals surface area contributed by atoms with Gasteiger partial charge in [-0.05, 0) is 38.0 Å². The minimum atomic E-state index is -3.46. The predicted octanol–water partition coefficient (Wildman–Crippen LogP) is 1.86. The lowest BCUT2D eigenvalue weighted by Crippen LogP contribution is -2.47. The van der Waals surface area contributed by atoms with Crippen molar-refractivity contribution in [3.05, 3.63) is 29.8 Å². The number of rotatable bonds is 7. The summed E-state index contributed by atoms with van der Waals surface area (Å²) in [6, 6.07) is 6.87. The number of hydrogen-bond acceptors (Lipinski definition) is 4. The quantitative estimate of drug-likeness (QED) is 0.754. The van der Waals surface area contributed by atoms with Gasteiger partial charge in [0.1, 0.15) is 0 Å². The van der Waals surface area contributed by atoms with Crippen molar-refractivity contribution in [2.24, 2.45) is 0 Å². The Morgan fingerprint density at radius 3 is 2.39 bits per heavy atom. The van der Waals surface area contributed by atoms with E-state index in [9.17, 15) is 8.42 Å². The minimum absolute atomic E-state index is 0.185. The Labute approximate surface area is 144 Å². The molecule has 0 aromatic heterocycles. The van der Waals surface area contributed by atoms with E-state index in [0.29, 0.717) is 23.9 Å². The first-order valence-corrected chi connectivity index (χ1v) is 9.95. The molecular formula is C16H25ClN2O3S. The molecule has 0 spiro atoms. The topological polar surface area (TPSA) is 58.6 Å². The van der Waals surface area contributed by atoms with Gasteiger partial charge in [0.2, 0.25) is 10.0 Å². The first kappa shape index (κ1) is 18.7. The molecule has 2 rings (SSSR count). The average molecular weight is 361 g/mol. The number of alkyl halides is 1. The smallest absolute Gasteiger partial charge is 0.240 e. The second-order valence-electron chi connectivity index (χ2n) is 6.00. The lowest BCUT2D eigenvalue weighted by atomic mass is 10.2. The molecule has 1 saturated heterocycles. The van der Waals surface area contributed by atoms with E-state index in [0.717, 1.165) is 25.1 Å². The van der Waals surface area contributed by atoms with Gasteiger partial charge < -0.3 is 4.74 Å². The van der Waals surface area contributed by atoms with Gasteiger partial charge in [0.05, 0.1) is 17.1 Å². The number of hydrogen-bond donors (Lipinski definition) is 1. The largest absolute Gasteiger partial charge is 0.373 e. The Kier molecular flexibility index (Phi) is 6.85. The van der Waals surface area contributed by atoms with Gasteiger partial charge in [0, 0.05) is 32.1 Å². The summed E-state index contributed by atoms with van der Waals surface area (Å²) in [5, 5.41) is 0. The SMILES string of the molecule is CC1CN(CCNS(=O)(=O)c2ccc(CCCl)cc2)CC(C)O1. The fourth-order valence-corrected chi connectivity index (χ4v) is 4.07. The van der Waals surface area contributed by atoms with Gasteiger partial charge in [0.25, 0.3) is 0 Å². The van der Waals surface area contributed by atoms with E-state index in [2.05, 4.69) is 9.62 Å². The fourth-order valence-electron chi connectivity index (χ4n) is 2.83. The summed E-state index contributed by atoms with van der Waals surface area (Å²) in [7, 11) is -3.46. The van der Waals surface area contributed by atoms with Crippen LogP contribution >= 0.6 is 11.6 Å². The van der Waals surface area contributed by atoms with Crippen molar-refractivity contribution in [3.63, 3.8) is 0 Å². The zero-order chi connectivity index (χ0) is 16.9. The molecule has 0 amide bonds. The molecule has 0 aliphatic carbocycles. The molecule has 1 aromatic carbocycles. The monoisotopic (exact) mass is 360 g/mol. The van der Waals surface area contributed by atoms with E-state index in [-0.39, 0.29) is 12.2 Å². The first-order chi connectivity index (χ1) is 10.9. The molecule has 130 valence electrons. The second-order valence-corrected chi connectivity index (χ2v) is 8.14. The van der Waals surface area contributed by atoms with Crippen LogP contribution in [0.15, 0.2) is 29.2 Å². The van der Waals surface area contributed by atoms with Gasteiger partial charge in [-0.2, -0.15) is 0 Å².